The second kappa shape index (κ2) is 4.51. The van der Waals surface area contributed by atoms with Crippen molar-refractivity contribution in [2.45, 2.75) is 13.3 Å². The number of para-hydroxylation sites is 1. The summed E-state index contributed by atoms with van der Waals surface area (Å²) in [6.45, 7) is 1.91. The van der Waals surface area contributed by atoms with Gasteiger partial charge in [0.25, 0.3) is 0 Å². The van der Waals surface area contributed by atoms with Gasteiger partial charge < -0.3 is 4.74 Å². The minimum atomic E-state index is 0.0382. The molecule has 0 aromatic heterocycles. The van der Waals surface area contributed by atoms with Crippen LogP contribution in [0.15, 0.2) is 24.3 Å². The van der Waals surface area contributed by atoms with Gasteiger partial charge in [-0.25, -0.2) is 0 Å². The lowest BCUT2D eigenvalue weighted by atomic mass is 10.0. The molecule has 0 aliphatic rings. The maximum atomic E-state index is 8.67. The molecule has 0 aliphatic heterocycles. The summed E-state index contributed by atoms with van der Waals surface area (Å²) in [5.41, 5.74) is 1.10. The number of rotatable bonds is 3. The van der Waals surface area contributed by atoms with Gasteiger partial charge in [0.2, 0.25) is 0 Å². The Morgan fingerprint density at radius 3 is 2.77 bits per heavy atom. The molecule has 1 atom stereocenters. The summed E-state index contributed by atoms with van der Waals surface area (Å²) in [4.78, 5) is 0. The predicted octanol–water partition coefficient (Wildman–Crippen LogP) is 2.40. The summed E-state index contributed by atoms with van der Waals surface area (Å²) in [7, 11) is 1.65. The first-order chi connectivity index (χ1) is 6.27. The van der Waals surface area contributed by atoms with Gasteiger partial charge in [-0.2, -0.15) is 5.26 Å². The molecule has 0 spiro atoms. The molecule has 2 nitrogen and oxygen atoms in total. The molecular weight excluding hydrogens is 162 g/mol. The first kappa shape index (κ1) is 9.60. The van der Waals surface area contributed by atoms with E-state index in [9.17, 15) is 0 Å². The zero-order valence-corrected chi connectivity index (χ0v) is 7.95. The summed E-state index contributed by atoms with van der Waals surface area (Å²) in [6, 6.07) is 10.0. The van der Waals surface area contributed by atoms with Gasteiger partial charge in [0.1, 0.15) is 5.75 Å². The van der Waals surface area contributed by atoms with Crippen LogP contribution in [0.4, 0.5) is 0 Å². The van der Waals surface area contributed by atoms with Crippen LogP contribution in [0.5, 0.6) is 5.75 Å². The third-order valence-corrected chi connectivity index (χ3v) is 1.94. The Bertz CT molecular complexity index is 314. The van der Waals surface area contributed by atoms with E-state index < -0.39 is 0 Å². The van der Waals surface area contributed by atoms with Crippen LogP contribution in [0.3, 0.4) is 0 Å². The number of nitrogens with zero attached hydrogens (tertiary/aromatic N) is 1. The summed E-state index contributed by atoms with van der Waals surface area (Å²) in [5, 5.41) is 8.67. The normalized spacial score (nSPS) is 11.8. The highest BCUT2D eigenvalue weighted by Gasteiger charge is 2.05. The molecule has 1 aromatic rings. The average Bonchev–Trinajstić information content (AvgIpc) is 2.18. The Hall–Kier alpha value is -1.49. The summed E-state index contributed by atoms with van der Waals surface area (Å²) in [6.07, 6.45) is 0.751. The molecule has 0 radical (unpaired) electrons. The van der Waals surface area contributed by atoms with E-state index >= 15 is 0 Å². The molecule has 0 heterocycles. The molecule has 0 amide bonds. The highest BCUT2D eigenvalue weighted by atomic mass is 16.5. The molecule has 68 valence electrons. The standard InChI is InChI=1S/C11H13NO/c1-9(8-12)7-10-5-3-4-6-11(10)13-2/h3-6,9H,7H2,1-2H3. The van der Waals surface area contributed by atoms with Crippen molar-refractivity contribution in [1.29, 1.82) is 5.26 Å². The molecule has 0 aliphatic carbocycles. The van der Waals surface area contributed by atoms with Crippen LogP contribution in [0, 0.1) is 17.2 Å². The molecule has 2 heteroatoms. The van der Waals surface area contributed by atoms with Crippen molar-refractivity contribution in [3.8, 4) is 11.8 Å². The van der Waals surface area contributed by atoms with E-state index in [0.717, 1.165) is 17.7 Å². The van der Waals surface area contributed by atoms with Crippen LogP contribution in [0.25, 0.3) is 0 Å². The molecular formula is C11H13NO. The van der Waals surface area contributed by atoms with E-state index in [2.05, 4.69) is 6.07 Å². The largest absolute Gasteiger partial charge is 0.496 e. The Labute approximate surface area is 78.8 Å². The average molecular weight is 175 g/mol. The SMILES string of the molecule is COc1ccccc1CC(C)C#N. The maximum absolute atomic E-state index is 8.67. The topological polar surface area (TPSA) is 33.0 Å². The smallest absolute Gasteiger partial charge is 0.122 e. The van der Waals surface area contributed by atoms with Crippen molar-refractivity contribution in [2.75, 3.05) is 7.11 Å². The number of ether oxygens (including phenoxy) is 1. The fourth-order valence-electron chi connectivity index (χ4n) is 1.25. The summed E-state index contributed by atoms with van der Waals surface area (Å²) in [5.74, 6) is 0.904. The van der Waals surface area contributed by atoms with Crippen molar-refractivity contribution in [1.82, 2.24) is 0 Å². The van der Waals surface area contributed by atoms with E-state index in [-0.39, 0.29) is 5.92 Å². The maximum Gasteiger partial charge on any atom is 0.122 e. The van der Waals surface area contributed by atoms with Crippen LogP contribution < -0.4 is 4.74 Å². The lowest BCUT2D eigenvalue weighted by molar-refractivity contribution is 0.408. The van der Waals surface area contributed by atoms with Crippen molar-refractivity contribution in [3.63, 3.8) is 0 Å². The molecule has 1 rings (SSSR count). The molecule has 0 saturated carbocycles. The van der Waals surface area contributed by atoms with Gasteiger partial charge >= 0.3 is 0 Å². The van der Waals surface area contributed by atoms with Gasteiger partial charge in [-0.05, 0) is 25.0 Å². The highest BCUT2D eigenvalue weighted by molar-refractivity contribution is 5.33. The highest BCUT2D eigenvalue weighted by Crippen LogP contribution is 2.20. The fourth-order valence-corrected chi connectivity index (χ4v) is 1.25. The quantitative estimate of drug-likeness (QED) is 0.706. The molecule has 13 heavy (non-hydrogen) atoms. The Morgan fingerprint density at radius 1 is 1.46 bits per heavy atom. The van der Waals surface area contributed by atoms with Gasteiger partial charge in [-0.1, -0.05) is 18.2 Å². The molecule has 0 N–H and O–H groups in total. The van der Waals surface area contributed by atoms with E-state index in [1.54, 1.807) is 7.11 Å². The Balaban J connectivity index is 2.82. The van der Waals surface area contributed by atoms with E-state index in [1.165, 1.54) is 0 Å². The second-order valence-electron chi connectivity index (χ2n) is 3.05. The summed E-state index contributed by atoms with van der Waals surface area (Å²) < 4.78 is 5.18. The number of nitriles is 1. The van der Waals surface area contributed by atoms with Gasteiger partial charge in [-0.15, -0.1) is 0 Å². The van der Waals surface area contributed by atoms with Crippen molar-refractivity contribution < 1.29 is 4.74 Å². The van der Waals surface area contributed by atoms with Crippen molar-refractivity contribution >= 4 is 0 Å². The Morgan fingerprint density at radius 2 is 2.15 bits per heavy atom. The van der Waals surface area contributed by atoms with Crippen LogP contribution in [-0.2, 0) is 6.42 Å². The lowest BCUT2D eigenvalue weighted by Crippen LogP contribution is -1.98. The van der Waals surface area contributed by atoms with Gasteiger partial charge in [0.15, 0.2) is 0 Å². The Kier molecular flexibility index (Phi) is 3.33. The van der Waals surface area contributed by atoms with Crippen molar-refractivity contribution in [3.05, 3.63) is 29.8 Å². The number of benzene rings is 1. The minimum Gasteiger partial charge on any atom is -0.496 e. The third-order valence-electron chi connectivity index (χ3n) is 1.94. The molecule has 1 unspecified atom stereocenters. The van der Waals surface area contributed by atoms with Gasteiger partial charge in [-0.3, -0.25) is 0 Å². The monoisotopic (exact) mass is 175 g/mol. The van der Waals surface area contributed by atoms with E-state index in [4.69, 9.17) is 10.00 Å². The molecule has 0 fully saturated rings. The van der Waals surface area contributed by atoms with Crippen LogP contribution >= 0.6 is 0 Å². The third kappa shape index (κ3) is 2.48. The molecule has 0 saturated heterocycles. The van der Waals surface area contributed by atoms with Crippen molar-refractivity contribution in [2.24, 2.45) is 5.92 Å². The fraction of sp³-hybridized carbons (Fsp3) is 0.364. The predicted molar refractivity (Wildman–Crippen MR) is 51.5 cm³/mol. The number of hydrogen-bond donors (Lipinski definition) is 0. The second-order valence-corrected chi connectivity index (χ2v) is 3.05. The minimum absolute atomic E-state index is 0.0382. The van der Waals surface area contributed by atoms with E-state index in [0.29, 0.717) is 0 Å². The first-order valence-electron chi connectivity index (χ1n) is 4.29. The number of hydrogen-bond acceptors (Lipinski definition) is 2. The van der Waals surface area contributed by atoms with Gasteiger partial charge in [0, 0.05) is 5.92 Å². The van der Waals surface area contributed by atoms with Crippen LogP contribution in [-0.4, -0.2) is 7.11 Å². The first-order valence-corrected chi connectivity index (χ1v) is 4.29. The lowest BCUT2D eigenvalue weighted by Gasteiger charge is -2.08. The zero-order chi connectivity index (χ0) is 9.68. The van der Waals surface area contributed by atoms with Gasteiger partial charge in [0.05, 0.1) is 13.2 Å². The van der Waals surface area contributed by atoms with E-state index in [1.807, 2.05) is 31.2 Å². The molecule has 0 bridgehead atoms. The zero-order valence-electron chi connectivity index (χ0n) is 7.95. The van der Waals surface area contributed by atoms with Crippen LogP contribution in [0.2, 0.25) is 0 Å². The number of methoxy groups -OCH3 is 1. The summed E-state index contributed by atoms with van der Waals surface area (Å²) >= 11 is 0. The van der Waals surface area contributed by atoms with Crippen LogP contribution in [0.1, 0.15) is 12.5 Å². The molecule has 1 aromatic carbocycles.